The maximum absolute atomic E-state index is 5.18. The number of rotatable bonds is 4. The summed E-state index contributed by atoms with van der Waals surface area (Å²) in [6.07, 6.45) is 0. The molecule has 0 saturated carbocycles. The number of fused-ring (bicyclic) bond motifs is 4. The first-order chi connectivity index (χ1) is 24.4. The molecule has 0 aliphatic heterocycles. The summed E-state index contributed by atoms with van der Waals surface area (Å²) in [5.41, 5.74) is 10.5. The fourth-order valence-corrected chi connectivity index (χ4v) is 7.53. The number of aromatic nitrogens is 1. The van der Waals surface area contributed by atoms with Gasteiger partial charge in [0.2, 0.25) is 0 Å². The molecule has 0 fully saturated rings. The van der Waals surface area contributed by atoms with Gasteiger partial charge in [0.15, 0.2) is 0 Å². The first-order valence-electron chi connectivity index (χ1n) is 17.5. The van der Waals surface area contributed by atoms with E-state index in [1.807, 2.05) is 6.07 Å². The fourth-order valence-electron chi connectivity index (χ4n) is 7.53. The summed E-state index contributed by atoms with van der Waals surface area (Å²) in [6, 6.07) is 62.0. The molecule has 0 bridgehead atoms. The van der Waals surface area contributed by atoms with Gasteiger partial charge in [-0.15, -0.1) is 0 Å². The minimum atomic E-state index is 0.00616. The van der Waals surface area contributed by atoms with Gasteiger partial charge >= 0.3 is 0 Å². The fraction of sp³-hybridized carbons (Fsp3) is 0.0816. The summed E-state index contributed by atoms with van der Waals surface area (Å²) in [7, 11) is 0. The van der Waals surface area contributed by atoms with E-state index in [1.165, 1.54) is 70.9 Å². The molecule has 0 radical (unpaired) electrons. The normalized spacial score (nSPS) is 11.9. The maximum atomic E-state index is 5.18. The van der Waals surface area contributed by atoms with Crippen LogP contribution in [0.5, 0.6) is 0 Å². The van der Waals surface area contributed by atoms with Crippen molar-refractivity contribution in [3.8, 4) is 44.8 Å². The highest BCUT2D eigenvalue weighted by molar-refractivity contribution is 6.22. The third kappa shape index (κ3) is 5.23. The molecule has 1 aromatic heterocycles. The van der Waals surface area contributed by atoms with Crippen molar-refractivity contribution in [3.63, 3.8) is 0 Å². The van der Waals surface area contributed by atoms with Crippen LogP contribution in [0.3, 0.4) is 0 Å². The van der Waals surface area contributed by atoms with Gasteiger partial charge in [0.05, 0.1) is 11.4 Å². The monoisotopic (exact) mass is 639 g/mol. The summed E-state index contributed by atoms with van der Waals surface area (Å²) in [5.74, 6) is 0. The topological polar surface area (TPSA) is 12.9 Å². The van der Waals surface area contributed by atoms with Crippen molar-refractivity contribution < 1.29 is 0 Å². The number of hydrogen-bond acceptors (Lipinski definition) is 1. The molecule has 0 spiro atoms. The largest absolute Gasteiger partial charge is 0.248 e. The predicted octanol–water partition coefficient (Wildman–Crippen LogP) is 13.7. The first kappa shape index (κ1) is 30.0. The highest BCUT2D eigenvalue weighted by atomic mass is 14.7. The molecular weight excluding hydrogens is 603 g/mol. The quantitative estimate of drug-likeness (QED) is 0.175. The van der Waals surface area contributed by atoms with Crippen LogP contribution in [0.25, 0.3) is 87.9 Å². The van der Waals surface area contributed by atoms with Gasteiger partial charge in [-0.3, -0.25) is 0 Å². The molecule has 1 heterocycles. The minimum Gasteiger partial charge on any atom is -0.248 e. The Kier molecular flexibility index (Phi) is 7.10. The summed E-state index contributed by atoms with van der Waals surface area (Å²) < 4.78 is 0. The van der Waals surface area contributed by atoms with Crippen LogP contribution in [-0.4, -0.2) is 4.98 Å². The summed E-state index contributed by atoms with van der Waals surface area (Å²) in [6.45, 7) is 6.91. The summed E-state index contributed by atoms with van der Waals surface area (Å²) in [4.78, 5) is 5.18. The Morgan fingerprint density at radius 2 is 0.840 bits per heavy atom. The van der Waals surface area contributed by atoms with Crippen molar-refractivity contribution in [2.75, 3.05) is 0 Å². The van der Waals surface area contributed by atoms with Crippen LogP contribution >= 0.6 is 0 Å². The Hall–Kier alpha value is -6.05. The van der Waals surface area contributed by atoms with Gasteiger partial charge in [0.1, 0.15) is 0 Å². The molecule has 9 rings (SSSR count). The van der Waals surface area contributed by atoms with Gasteiger partial charge in [-0.2, -0.15) is 0 Å². The Bertz CT molecular complexity index is 2730. The lowest BCUT2D eigenvalue weighted by molar-refractivity contribution is 0.591. The third-order valence-corrected chi connectivity index (χ3v) is 10.2. The van der Waals surface area contributed by atoms with Gasteiger partial charge in [-0.05, 0) is 113 Å². The zero-order chi connectivity index (χ0) is 33.8. The molecule has 50 heavy (non-hydrogen) atoms. The van der Waals surface area contributed by atoms with E-state index in [1.54, 1.807) is 0 Å². The molecule has 8 aromatic carbocycles. The van der Waals surface area contributed by atoms with E-state index < -0.39 is 0 Å². The van der Waals surface area contributed by atoms with E-state index in [2.05, 4.69) is 185 Å². The highest BCUT2D eigenvalue weighted by Gasteiger charge is 2.21. The molecule has 9 aromatic rings. The van der Waals surface area contributed by atoms with Gasteiger partial charge in [-0.25, -0.2) is 4.98 Å². The van der Waals surface area contributed by atoms with Crippen molar-refractivity contribution in [1.82, 2.24) is 4.98 Å². The second-order valence-electron chi connectivity index (χ2n) is 14.4. The van der Waals surface area contributed by atoms with Crippen LogP contribution in [0.1, 0.15) is 26.3 Å². The molecule has 0 aliphatic rings. The Labute approximate surface area is 293 Å². The number of nitrogens with zero attached hydrogens (tertiary/aromatic N) is 1. The zero-order valence-electron chi connectivity index (χ0n) is 28.6. The van der Waals surface area contributed by atoms with Crippen LogP contribution < -0.4 is 0 Å². The Morgan fingerprint density at radius 3 is 1.44 bits per heavy atom. The molecule has 0 saturated heterocycles. The van der Waals surface area contributed by atoms with E-state index in [0.717, 1.165) is 22.5 Å². The first-order valence-corrected chi connectivity index (χ1v) is 17.5. The lowest BCUT2D eigenvalue weighted by atomic mass is 9.80. The summed E-state index contributed by atoms with van der Waals surface area (Å²) >= 11 is 0. The van der Waals surface area contributed by atoms with E-state index in [4.69, 9.17) is 4.98 Å². The standard InChI is InChI=1S/C49H37N/c1-49(2,3)40-25-27-42-44(31-40)48(39-23-21-33-13-8-10-17-36(33)29-39)41-26-24-37(46-19-11-18-45(50-46)34-14-5-4-6-15-34)30-43(41)47(42)38-22-20-32-12-7-9-16-35(32)28-38/h4-31H,1-3H3. The molecule has 1 heteroatoms. The van der Waals surface area contributed by atoms with E-state index in [-0.39, 0.29) is 5.41 Å². The van der Waals surface area contributed by atoms with Crippen molar-refractivity contribution in [2.24, 2.45) is 0 Å². The molecule has 0 aliphatic carbocycles. The number of benzene rings is 8. The molecular formula is C49H37N. The van der Waals surface area contributed by atoms with Crippen molar-refractivity contribution in [3.05, 3.63) is 175 Å². The lowest BCUT2D eigenvalue weighted by Crippen LogP contribution is -2.10. The second kappa shape index (κ2) is 11.8. The van der Waals surface area contributed by atoms with Crippen molar-refractivity contribution in [1.29, 1.82) is 0 Å². The van der Waals surface area contributed by atoms with Crippen LogP contribution in [0.4, 0.5) is 0 Å². The number of pyridine rings is 1. The third-order valence-electron chi connectivity index (χ3n) is 10.2. The summed E-state index contributed by atoms with van der Waals surface area (Å²) in [5, 5.41) is 9.98. The Balaban J connectivity index is 1.39. The van der Waals surface area contributed by atoms with Crippen LogP contribution in [0, 0.1) is 0 Å². The van der Waals surface area contributed by atoms with Gasteiger partial charge < -0.3 is 0 Å². The Morgan fingerprint density at radius 1 is 0.340 bits per heavy atom. The van der Waals surface area contributed by atoms with Gasteiger partial charge in [-0.1, -0.05) is 154 Å². The molecule has 238 valence electrons. The van der Waals surface area contributed by atoms with Crippen molar-refractivity contribution >= 4 is 43.1 Å². The average molecular weight is 640 g/mol. The maximum Gasteiger partial charge on any atom is 0.0709 e. The van der Waals surface area contributed by atoms with Crippen LogP contribution in [0.15, 0.2) is 170 Å². The van der Waals surface area contributed by atoms with E-state index in [0.29, 0.717) is 0 Å². The molecule has 1 nitrogen and oxygen atoms in total. The highest BCUT2D eigenvalue weighted by Crippen LogP contribution is 2.46. The minimum absolute atomic E-state index is 0.00616. The van der Waals surface area contributed by atoms with E-state index in [9.17, 15) is 0 Å². The molecule has 0 amide bonds. The molecule has 0 unspecified atom stereocenters. The number of hydrogen-bond donors (Lipinski definition) is 0. The zero-order valence-corrected chi connectivity index (χ0v) is 28.6. The lowest BCUT2D eigenvalue weighted by Gasteiger charge is -2.23. The van der Waals surface area contributed by atoms with Crippen molar-refractivity contribution in [2.45, 2.75) is 26.2 Å². The van der Waals surface area contributed by atoms with Gasteiger partial charge in [0.25, 0.3) is 0 Å². The molecule has 0 atom stereocenters. The smallest absolute Gasteiger partial charge is 0.0709 e. The SMILES string of the molecule is CC(C)(C)c1ccc2c(-c3ccc4ccccc4c3)c3cc(-c4cccc(-c5ccccc5)n4)ccc3c(-c3ccc4ccccc4c3)c2c1. The van der Waals surface area contributed by atoms with E-state index >= 15 is 0 Å². The van der Waals surface area contributed by atoms with Crippen LogP contribution in [0.2, 0.25) is 0 Å². The second-order valence-corrected chi connectivity index (χ2v) is 14.4. The predicted molar refractivity (Wildman–Crippen MR) is 215 cm³/mol. The average Bonchev–Trinajstić information content (AvgIpc) is 3.16. The van der Waals surface area contributed by atoms with Crippen LogP contribution in [-0.2, 0) is 5.41 Å². The van der Waals surface area contributed by atoms with Gasteiger partial charge in [0, 0.05) is 11.1 Å². The molecule has 0 N–H and O–H groups in total.